The quantitative estimate of drug-likeness (QED) is 0.737. The van der Waals surface area contributed by atoms with Gasteiger partial charge >= 0.3 is 0 Å². The molecule has 9 heteroatoms. The molecule has 0 spiro atoms. The highest BCUT2D eigenvalue weighted by Crippen LogP contribution is 2.22. The molecule has 0 aliphatic carbocycles. The second kappa shape index (κ2) is 7.52. The Hall–Kier alpha value is -2.94. The number of ether oxygens (including phenoxy) is 1. The van der Waals surface area contributed by atoms with Gasteiger partial charge in [0, 0.05) is 29.3 Å². The van der Waals surface area contributed by atoms with Crippen LogP contribution in [0.25, 0.3) is 5.69 Å². The standard InChI is InChI=1S/C17H16N6O2S/c24-17(12-5-7-18-16(9-12)25-15-6-8-26-10-15)20-13-1-3-14(4-2-13)23-11-19-21-22-23/h1-5,7,9,11,15H,6,8,10H2,(H,20,24)/t15-/m1/s1. The van der Waals surface area contributed by atoms with Gasteiger partial charge in [0.15, 0.2) is 0 Å². The summed E-state index contributed by atoms with van der Waals surface area (Å²) in [6.45, 7) is 0. The van der Waals surface area contributed by atoms with Crippen LogP contribution in [0.2, 0.25) is 0 Å². The van der Waals surface area contributed by atoms with Gasteiger partial charge in [-0.3, -0.25) is 4.79 Å². The minimum atomic E-state index is -0.215. The number of carbonyl (C=O) groups is 1. The fourth-order valence-electron chi connectivity index (χ4n) is 2.57. The van der Waals surface area contributed by atoms with Crippen molar-refractivity contribution in [2.24, 2.45) is 0 Å². The number of anilines is 1. The Labute approximate surface area is 154 Å². The molecule has 0 bridgehead atoms. The van der Waals surface area contributed by atoms with Crippen LogP contribution in [0.3, 0.4) is 0 Å². The van der Waals surface area contributed by atoms with Crippen molar-refractivity contribution in [3.05, 3.63) is 54.5 Å². The van der Waals surface area contributed by atoms with Crippen LogP contribution < -0.4 is 10.1 Å². The van der Waals surface area contributed by atoms with E-state index in [0.717, 1.165) is 23.6 Å². The summed E-state index contributed by atoms with van der Waals surface area (Å²) in [5.41, 5.74) is 1.99. The van der Waals surface area contributed by atoms with Crippen molar-refractivity contribution in [2.45, 2.75) is 12.5 Å². The average molecular weight is 368 g/mol. The van der Waals surface area contributed by atoms with Gasteiger partial charge in [0.05, 0.1) is 5.69 Å². The summed E-state index contributed by atoms with van der Waals surface area (Å²) in [5, 5.41) is 13.9. The zero-order chi connectivity index (χ0) is 17.8. The summed E-state index contributed by atoms with van der Waals surface area (Å²) >= 11 is 1.87. The van der Waals surface area contributed by atoms with E-state index in [-0.39, 0.29) is 12.0 Å². The van der Waals surface area contributed by atoms with Gasteiger partial charge in [-0.2, -0.15) is 11.8 Å². The Bertz CT molecular complexity index is 879. The van der Waals surface area contributed by atoms with Gasteiger partial charge in [0.1, 0.15) is 12.4 Å². The maximum Gasteiger partial charge on any atom is 0.255 e. The normalized spacial score (nSPS) is 16.4. The molecule has 0 radical (unpaired) electrons. The predicted octanol–water partition coefficient (Wildman–Crippen LogP) is 2.19. The summed E-state index contributed by atoms with van der Waals surface area (Å²) in [6.07, 6.45) is 4.28. The van der Waals surface area contributed by atoms with Crippen LogP contribution in [0.15, 0.2) is 48.9 Å². The van der Waals surface area contributed by atoms with Crippen LogP contribution in [0.4, 0.5) is 5.69 Å². The van der Waals surface area contributed by atoms with Gasteiger partial charge in [-0.25, -0.2) is 9.67 Å². The smallest absolute Gasteiger partial charge is 0.255 e. The summed E-state index contributed by atoms with van der Waals surface area (Å²) < 4.78 is 7.38. The largest absolute Gasteiger partial charge is 0.473 e. The molecule has 3 aromatic rings. The van der Waals surface area contributed by atoms with E-state index < -0.39 is 0 Å². The summed E-state index contributed by atoms with van der Waals surface area (Å²) in [6, 6.07) is 10.6. The third-order valence-electron chi connectivity index (χ3n) is 3.91. The second-order valence-electron chi connectivity index (χ2n) is 5.74. The number of nitrogens with one attached hydrogen (secondary N) is 1. The third-order valence-corrected chi connectivity index (χ3v) is 5.04. The molecular formula is C17H16N6O2S. The second-order valence-corrected chi connectivity index (χ2v) is 6.89. The molecule has 26 heavy (non-hydrogen) atoms. The molecule has 1 aliphatic rings. The lowest BCUT2D eigenvalue weighted by atomic mass is 10.2. The lowest BCUT2D eigenvalue weighted by Gasteiger charge is -2.12. The van der Waals surface area contributed by atoms with Crippen LogP contribution in [0.1, 0.15) is 16.8 Å². The van der Waals surface area contributed by atoms with Crippen LogP contribution in [0.5, 0.6) is 5.88 Å². The van der Waals surface area contributed by atoms with Gasteiger partial charge < -0.3 is 10.1 Å². The molecule has 132 valence electrons. The summed E-state index contributed by atoms with van der Waals surface area (Å²) in [5.74, 6) is 2.34. The fraction of sp³-hybridized carbons (Fsp3) is 0.235. The molecule has 3 heterocycles. The van der Waals surface area contributed by atoms with E-state index in [9.17, 15) is 4.79 Å². The van der Waals surface area contributed by atoms with Crippen LogP contribution in [0, 0.1) is 0 Å². The Morgan fingerprint density at radius 2 is 2.15 bits per heavy atom. The maximum absolute atomic E-state index is 12.5. The maximum atomic E-state index is 12.5. The van der Waals surface area contributed by atoms with Crippen molar-refractivity contribution in [2.75, 3.05) is 16.8 Å². The monoisotopic (exact) mass is 368 g/mol. The average Bonchev–Trinajstić information content (AvgIpc) is 3.36. The minimum Gasteiger partial charge on any atom is -0.473 e. The zero-order valence-electron chi connectivity index (χ0n) is 13.8. The molecule has 8 nitrogen and oxygen atoms in total. The number of rotatable bonds is 5. The van der Waals surface area contributed by atoms with E-state index in [1.165, 1.54) is 6.33 Å². The first-order valence-electron chi connectivity index (χ1n) is 8.13. The van der Waals surface area contributed by atoms with Gasteiger partial charge in [-0.1, -0.05) is 0 Å². The molecule has 1 aromatic carbocycles. The molecule has 2 aromatic heterocycles. The molecule has 1 amide bonds. The number of nitrogens with zero attached hydrogens (tertiary/aromatic N) is 5. The number of pyridine rings is 1. The molecule has 1 aliphatic heterocycles. The molecule has 4 rings (SSSR count). The van der Waals surface area contributed by atoms with Crippen LogP contribution >= 0.6 is 11.8 Å². The van der Waals surface area contributed by atoms with Crippen molar-refractivity contribution in [3.63, 3.8) is 0 Å². The molecule has 1 saturated heterocycles. The Morgan fingerprint density at radius 3 is 2.88 bits per heavy atom. The van der Waals surface area contributed by atoms with Gasteiger partial charge in [-0.15, -0.1) is 5.10 Å². The number of aromatic nitrogens is 5. The predicted molar refractivity (Wildman–Crippen MR) is 97.7 cm³/mol. The lowest BCUT2D eigenvalue weighted by Crippen LogP contribution is -2.17. The van der Waals surface area contributed by atoms with E-state index in [1.807, 2.05) is 23.9 Å². The zero-order valence-corrected chi connectivity index (χ0v) is 14.6. The third kappa shape index (κ3) is 3.83. The van der Waals surface area contributed by atoms with Crippen molar-refractivity contribution < 1.29 is 9.53 Å². The highest BCUT2D eigenvalue weighted by atomic mass is 32.2. The minimum absolute atomic E-state index is 0.171. The lowest BCUT2D eigenvalue weighted by molar-refractivity contribution is 0.102. The number of thioether (sulfide) groups is 1. The molecule has 1 N–H and O–H groups in total. The number of carbonyl (C=O) groups excluding carboxylic acids is 1. The fourth-order valence-corrected chi connectivity index (χ4v) is 3.67. The highest BCUT2D eigenvalue weighted by Gasteiger charge is 2.18. The first-order valence-corrected chi connectivity index (χ1v) is 9.29. The number of tetrazole rings is 1. The SMILES string of the molecule is O=C(Nc1ccc(-n2cnnn2)cc1)c1ccnc(O[C@@H]2CCSC2)c1. The van der Waals surface area contributed by atoms with E-state index in [0.29, 0.717) is 17.1 Å². The first kappa shape index (κ1) is 16.5. The van der Waals surface area contributed by atoms with Crippen molar-refractivity contribution in [3.8, 4) is 11.6 Å². The Morgan fingerprint density at radius 1 is 1.27 bits per heavy atom. The molecule has 1 fully saturated rings. The summed E-state index contributed by atoms with van der Waals surface area (Å²) in [7, 11) is 0. The van der Waals surface area contributed by atoms with Crippen molar-refractivity contribution >= 4 is 23.4 Å². The Kier molecular flexibility index (Phi) is 4.78. The van der Waals surface area contributed by atoms with Crippen molar-refractivity contribution in [1.29, 1.82) is 0 Å². The topological polar surface area (TPSA) is 94.8 Å². The van der Waals surface area contributed by atoms with Gasteiger partial charge in [0.2, 0.25) is 5.88 Å². The van der Waals surface area contributed by atoms with Crippen LogP contribution in [-0.4, -0.2) is 48.7 Å². The molecular weight excluding hydrogens is 352 g/mol. The van der Waals surface area contributed by atoms with Crippen LogP contribution in [-0.2, 0) is 0 Å². The molecule has 0 saturated carbocycles. The van der Waals surface area contributed by atoms with Gasteiger partial charge in [-0.05, 0) is 52.9 Å². The number of benzene rings is 1. The number of hydrogen-bond donors (Lipinski definition) is 1. The van der Waals surface area contributed by atoms with E-state index in [2.05, 4.69) is 25.8 Å². The first-order chi connectivity index (χ1) is 12.8. The molecule has 0 unspecified atom stereocenters. The van der Waals surface area contributed by atoms with E-state index in [1.54, 1.807) is 35.1 Å². The van der Waals surface area contributed by atoms with E-state index in [4.69, 9.17) is 4.74 Å². The Balaban J connectivity index is 1.42. The van der Waals surface area contributed by atoms with Gasteiger partial charge in [0.25, 0.3) is 5.91 Å². The number of hydrogen-bond acceptors (Lipinski definition) is 7. The molecule has 1 atom stereocenters. The van der Waals surface area contributed by atoms with E-state index >= 15 is 0 Å². The number of amides is 1. The van der Waals surface area contributed by atoms with Crippen molar-refractivity contribution in [1.82, 2.24) is 25.2 Å². The summed E-state index contributed by atoms with van der Waals surface area (Å²) in [4.78, 5) is 16.7. The highest BCUT2D eigenvalue weighted by molar-refractivity contribution is 7.99.